The third-order valence-corrected chi connectivity index (χ3v) is 2.16. The Morgan fingerprint density at radius 1 is 1.57 bits per heavy atom. The fourth-order valence-corrected chi connectivity index (χ4v) is 1.32. The lowest BCUT2D eigenvalue weighted by atomic mass is 10.2. The SMILES string of the molecule is CC(CCCCl)Nc1ccc(F)cn1. The molecule has 4 heteroatoms. The number of halogens is 2. The van der Waals surface area contributed by atoms with Crippen LogP contribution < -0.4 is 5.32 Å². The van der Waals surface area contributed by atoms with Crippen molar-refractivity contribution in [3.63, 3.8) is 0 Å². The largest absolute Gasteiger partial charge is 0.368 e. The fraction of sp³-hybridized carbons (Fsp3) is 0.500. The zero-order chi connectivity index (χ0) is 10.4. The minimum absolute atomic E-state index is 0.312. The monoisotopic (exact) mass is 216 g/mol. The van der Waals surface area contributed by atoms with Gasteiger partial charge < -0.3 is 5.32 Å². The van der Waals surface area contributed by atoms with E-state index in [2.05, 4.69) is 17.2 Å². The third kappa shape index (κ3) is 3.92. The average molecular weight is 217 g/mol. The second kappa shape index (κ2) is 5.81. The Morgan fingerprint density at radius 2 is 2.36 bits per heavy atom. The lowest BCUT2D eigenvalue weighted by Crippen LogP contribution is -2.15. The lowest BCUT2D eigenvalue weighted by molar-refractivity contribution is 0.620. The summed E-state index contributed by atoms with van der Waals surface area (Å²) in [5.41, 5.74) is 0. The lowest BCUT2D eigenvalue weighted by Gasteiger charge is -2.13. The number of hydrogen-bond donors (Lipinski definition) is 1. The highest BCUT2D eigenvalue weighted by atomic mass is 35.5. The maximum absolute atomic E-state index is 12.5. The predicted molar refractivity (Wildman–Crippen MR) is 57.2 cm³/mol. The van der Waals surface area contributed by atoms with E-state index in [-0.39, 0.29) is 5.82 Å². The van der Waals surface area contributed by atoms with Crippen LogP contribution in [0, 0.1) is 5.82 Å². The Labute approximate surface area is 88.5 Å². The molecule has 0 saturated carbocycles. The van der Waals surface area contributed by atoms with Crippen LogP contribution in [0.5, 0.6) is 0 Å². The van der Waals surface area contributed by atoms with Crippen molar-refractivity contribution >= 4 is 17.4 Å². The number of hydrogen-bond acceptors (Lipinski definition) is 2. The van der Waals surface area contributed by atoms with E-state index in [1.54, 1.807) is 6.07 Å². The average Bonchev–Trinajstić information content (AvgIpc) is 2.18. The van der Waals surface area contributed by atoms with Gasteiger partial charge in [0.2, 0.25) is 0 Å². The summed E-state index contributed by atoms with van der Waals surface area (Å²) in [6.45, 7) is 2.05. The van der Waals surface area contributed by atoms with Crippen LogP contribution in [0.15, 0.2) is 18.3 Å². The van der Waals surface area contributed by atoms with Gasteiger partial charge in [-0.05, 0) is 31.9 Å². The molecule has 0 spiro atoms. The molecule has 0 aliphatic carbocycles. The zero-order valence-corrected chi connectivity index (χ0v) is 8.89. The molecular weight excluding hydrogens is 203 g/mol. The zero-order valence-electron chi connectivity index (χ0n) is 8.13. The molecule has 0 aliphatic rings. The molecule has 1 rings (SSSR count). The van der Waals surface area contributed by atoms with Gasteiger partial charge in [0.25, 0.3) is 0 Å². The maximum atomic E-state index is 12.5. The highest BCUT2D eigenvalue weighted by molar-refractivity contribution is 6.17. The number of nitrogens with zero attached hydrogens (tertiary/aromatic N) is 1. The molecule has 1 N–H and O–H groups in total. The topological polar surface area (TPSA) is 24.9 Å². The van der Waals surface area contributed by atoms with E-state index in [0.29, 0.717) is 17.7 Å². The first kappa shape index (κ1) is 11.2. The molecule has 14 heavy (non-hydrogen) atoms. The van der Waals surface area contributed by atoms with E-state index in [1.807, 2.05) is 0 Å². The van der Waals surface area contributed by atoms with Gasteiger partial charge in [0, 0.05) is 11.9 Å². The van der Waals surface area contributed by atoms with Crippen LogP contribution in [0.25, 0.3) is 0 Å². The minimum Gasteiger partial charge on any atom is -0.368 e. The van der Waals surface area contributed by atoms with Gasteiger partial charge in [0.05, 0.1) is 6.20 Å². The van der Waals surface area contributed by atoms with E-state index < -0.39 is 0 Å². The van der Waals surface area contributed by atoms with Crippen LogP contribution in [-0.2, 0) is 0 Å². The molecule has 0 bridgehead atoms. The molecule has 1 aromatic rings. The van der Waals surface area contributed by atoms with E-state index in [9.17, 15) is 4.39 Å². The highest BCUT2D eigenvalue weighted by Crippen LogP contribution is 2.08. The van der Waals surface area contributed by atoms with E-state index in [0.717, 1.165) is 12.8 Å². The normalized spacial score (nSPS) is 12.5. The summed E-state index contributed by atoms with van der Waals surface area (Å²) in [5.74, 6) is 1.06. The molecule has 0 aromatic carbocycles. The van der Waals surface area contributed by atoms with Crippen molar-refractivity contribution < 1.29 is 4.39 Å². The van der Waals surface area contributed by atoms with Crippen LogP contribution in [0.1, 0.15) is 19.8 Å². The van der Waals surface area contributed by atoms with Crippen molar-refractivity contribution in [1.29, 1.82) is 0 Å². The molecule has 0 fully saturated rings. The predicted octanol–water partition coefficient (Wildman–Crippen LogP) is 3.04. The number of anilines is 1. The maximum Gasteiger partial charge on any atom is 0.141 e. The fourth-order valence-electron chi connectivity index (χ4n) is 1.17. The van der Waals surface area contributed by atoms with Gasteiger partial charge in [-0.2, -0.15) is 0 Å². The van der Waals surface area contributed by atoms with Crippen LogP contribution >= 0.6 is 11.6 Å². The summed E-state index contributed by atoms with van der Waals surface area (Å²) < 4.78 is 12.5. The Hall–Kier alpha value is -0.830. The summed E-state index contributed by atoms with van der Waals surface area (Å²) in [7, 11) is 0. The molecule has 0 radical (unpaired) electrons. The van der Waals surface area contributed by atoms with Gasteiger partial charge in [0.1, 0.15) is 11.6 Å². The standard InChI is InChI=1S/C10H14ClFN2/c1-8(3-2-6-11)14-10-5-4-9(12)7-13-10/h4-5,7-8H,2-3,6H2,1H3,(H,13,14). The number of nitrogens with one attached hydrogen (secondary N) is 1. The first-order chi connectivity index (χ1) is 6.72. The van der Waals surface area contributed by atoms with E-state index in [4.69, 9.17) is 11.6 Å². The van der Waals surface area contributed by atoms with Gasteiger partial charge in [-0.25, -0.2) is 9.37 Å². The van der Waals surface area contributed by atoms with Crippen molar-refractivity contribution in [2.75, 3.05) is 11.2 Å². The first-order valence-corrected chi connectivity index (χ1v) is 5.20. The van der Waals surface area contributed by atoms with Crippen molar-refractivity contribution in [2.45, 2.75) is 25.8 Å². The van der Waals surface area contributed by atoms with Crippen LogP contribution in [0.3, 0.4) is 0 Å². The quantitative estimate of drug-likeness (QED) is 0.766. The van der Waals surface area contributed by atoms with Crippen LogP contribution in [-0.4, -0.2) is 16.9 Å². The highest BCUT2D eigenvalue weighted by Gasteiger charge is 2.02. The van der Waals surface area contributed by atoms with Gasteiger partial charge in [-0.1, -0.05) is 0 Å². The van der Waals surface area contributed by atoms with E-state index >= 15 is 0 Å². The first-order valence-electron chi connectivity index (χ1n) is 4.66. The Kier molecular flexibility index (Phi) is 4.66. The summed E-state index contributed by atoms with van der Waals surface area (Å²) in [5, 5.41) is 3.17. The molecule has 2 nitrogen and oxygen atoms in total. The Balaban J connectivity index is 2.39. The van der Waals surface area contributed by atoms with Crippen LogP contribution in [0.4, 0.5) is 10.2 Å². The Bertz CT molecular complexity index is 263. The van der Waals surface area contributed by atoms with Gasteiger partial charge in [-0.15, -0.1) is 11.6 Å². The van der Waals surface area contributed by atoms with Crippen molar-refractivity contribution in [3.05, 3.63) is 24.1 Å². The number of pyridine rings is 1. The summed E-state index contributed by atoms with van der Waals surface area (Å²) in [6, 6.07) is 3.34. The Morgan fingerprint density at radius 3 is 2.93 bits per heavy atom. The molecule has 0 amide bonds. The summed E-state index contributed by atoms with van der Waals surface area (Å²) >= 11 is 5.58. The van der Waals surface area contributed by atoms with Gasteiger partial charge in [0.15, 0.2) is 0 Å². The number of alkyl halides is 1. The third-order valence-electron chi connectivity index (χ3n) is 1.89. The summed E-state index contributed by atoms with van der Waals surface area (Å²) in [6.07, 6.45) is 3.16. The van der Waals surface area contributed by atoms with Crippen molar-refractivity contribution in [2.24, 2.45) is 0 Å². The molecule has 78 valence electrons. The number of aromatic nitrogens is 1. The second-order valence-corrected chi connectivity index (χ2v) is 3.62. The smallest absolute Gasteiger partial charge is 0.141 e. The van der Waals surface area contributed by atoms with Gasteiger partial charge >= 0.3 is 0 Å². The van der Waals surface area contributed by atoms with Crippen molar-refractivity contribution in [3.8, 4) is 0 Å². The minimum atomic E-state index is -0.316. The molecule has 1 heterocycles. The second-order valence-electron chi connectivity index (χ2n) is 3.24. The molecule has 1 atom stereocenters. The molecule has 1 unspecified atom stereocenters. The molecule has 1 aromatic heterocycles. The van der Waals surface area contributed by atoms with Crippen LogP contribution in [0.2, 0.25) is 0 Å². The molecule has 0 aliphatic heterocycles. The van der Waals surface area contributed by atoms with Gasteiger partial charge in [-0.3, -0.25) is 0 Å². The van der Waals surface area contributed by atoms with Crippen molar-refractivity contribution in [1.82, 2.24) is 4.98 Å². The molecule has 0 saturated heterocycles. The summed E-state index contributed by atoms with van der Waals surface area (Å²) in [4.78, 5) is 3.91. The van der Waals surface area contributed by atoms with E-state index in [1.165, 1.54) is 12.3 Å². The molecular formula is C10H14ClFN2. The number of rotatable bonds is 5.